The van der Waals surface area contributed by atoms with Crippen LogP contribution in [0.3, 0.4) is 0 Å². The number of rotatable bonds is 4. The average molecular weight is 421 g/mol. The van der Waals surface area contributed by atoms with Crippen molar-refractivity contribution in [2.24, 2.45) is 0 Å². The highest BCUT2D eigenvalue weighted by Gasteiger charge is 2.35. The molecule has 0 N–H and O–H groups in total. The van der Waals surface area contributed by atoms with Crippen LogP contribution in [0.25, 0.3) is 11.1 Å². The number of ether oxygens (including phenoxy) is 2. The van der Waals surface area contributed by atoms with Crippen LogP contribution in [0.4, 0.5) is 9.18 Å². The maximum absolute atomic E-state index is 14.3. The molecule has 0 unspecified atom stereocenters. The summed E-state index contributed by atoms with van der Waals surface area (Å²) in [6, 6.07) is 10.7. The van der Waals surface area contributed by atoms with E-state index in [9.17, 15) is 17.6 Å². The maximum atomic E-state index is 14.3. The predicted octanol–water partition coefficient (Wildman–Crippen LogP) is 3.89. The highest BCUT2D eigenvalue weighted by Crippen LogP contribution is 2.28. The fourth-order valence-electron chi connectivity index (χ4n) is 2.85. The number of halogens is 1. The van der Waals surface area contributed by atoms with Crippen molar-refractivity contribution >= 4 is 15.9 Å². The summed E-state index contributed by atoms with van der Waals surface area (Å²) in [7, 11) is -3.46. The van der Waals surface area contributed by atoms with E-state index >= 15 is 0 Å². The molecule has 0 aromatic heterocycles. The van der Waals surface area contributed by atoms with Gasteiger partial charge < -0.3 is 14.4 Å². The van der Waals surface area contributed by atoms with Crippen molar-refractivity contribution in [3.05, 3.63) is 48.3 Å². The third kappa shape index (κ3) is 5.26. The number of carbonyl (C=O) groups is 1. The minimum absolute atomic E-state index is 0.0572. The third-order valence-electron chi connectivity index (χ3n) is 4.34. The number of likely N-dealkylation sites (tertiary alicyclic amines) is 1. The quantitative estimate of drug-likeness (QED) is 0.749. The number of amides is 1. The second-order valence-corrected chi connectivity index (χ2v) is 10.1. The summed E-state index contributed by atoms with van der Waals surface area (Å²) in [5.41, 5.74) is 0.385. The van der Waals surface area contributed by atoms with E-state index in [1.165, 1.54) is 12.1 Å². The summed E-state index contributed by atoms with van der Waals surface area (Å²) in [4.78, 5) is 13.4. The Labute approximate surface area is 170 Å². The Morgan fingerprint density at radius 1 is 1.10 bits per heavy atom. The van der Waals surface area contributed by atoms with Crippen LogP contribution in [-0.2, 0) is 14.6 Å². The van der Waals surface area contributed by atoms with Gasteiger partial charge in [-0.25, -0.2) is 17.6 Å². The molecule has 0 atom stereocenters. The lowest BCUT2D eigenvalue weighted by Crippen LogP contribution is -2.57. The van der Waals surface area contributed by atoms with Crippen LogP contribution in [0.2, 0.25) is 0 Å². The zero-order valence-electron chi connectivity index (χ0n) is 16.8. The normalized spacial score (nSPS) is 15.0. The molecule has 1 amide bonds. The Balaban J connectivity index is 1.60. The zero-order chi connectivity index (χ0) is 21.4. The summed E-state index contributed by atoms with van der Waals surface area (Å²) in [6.45, 7) is 6.34. The number of sulfone groups is 1. The van der Waals surface area contributed by atoms with Crippen molar-refractivity contribution < 1.29 is 27.1 Å². The molecule has 1 fully saturated rings. The molecular formula is C21H24FNO5S. The molecule has 156 valence electrons. The largest absolute Gasteiger partial charge is 0.487 e. The van der Waals surface area contributed by atoms with E-state index in [2.05, 4.69) is 0 Å². The summed E-state index contributed by atoms with van der Waals surface area (Å²) in [6.07, 6.45) is 0.553. The van der Waals surface area contributed by atoms with Crippen LogP contribution in [-0.4, -0.2) is 50.5 Å². The van der Waals surface area contributed by atoms with Crippen LogP contribution in [0.1, 0.15) is 20.8 Å². The van der Waals surface area contributed by atoms with Gasteiger partial charge in [0.25, 0.3) is 0 Å². The lowest BCUT2D eigenvalue weighted by molar-refractivity contribution is -0.0221. The first-order chi connectivity index (χ1) is 13.4. The van der Waals surface area contributed by atoms with Gasteiger partial charge in [0.1, 0.15) is 23.3 Å². The van der Waals surface area contributed by atoms with Gasteiger partial charge in [0.05, 0.1) is 18.0 Å². The van der Waals surface area contributed by atoms with E-state index in [1.54, 1.807) is 29.2 Å². The van der Waals surface area contributed by atoms with E-state index in [4.69, 9.17) is 9.47 Å². The van der Waals surface area contributed by atoms with E-state index in [-0.39, 0.29) is 17.1 Å². The zero-order valence-corrected chi connectivity index (χ0v) is 17.6. The van der Waals surface area contributed by atoms with Gasteiger partial charge in [-0.15, -0.1) is 0 Å². The standard InChI is InChI=1S/C21H24FNO5S/c1-21(2,3)28-20(24)23-12-16(13-23)27-15-7-5-14(6-8-15)18-10-9-17(11-19(18)22)29(4,25)26/h5-11,16H,12-13H2,1-4H3. The fourth-order valence-corrected chi connectivity index (χ4v) is 3.49. The molecule has 2 aromatic rings. The molecule has 1 aliphatic heterocycles. The highest BCUT2D eigenvalue weighted by molar-refractivity contribution is 7.90. The van der Waals surface area contributed by atoms with Crippen molar-refractivity contribution in [1.82, 2.24) is 4.90 Å². The molecule has 0 spiro atoms. The van der Waals surface area contributed by atoms with Gasteiger partial charge in [-0.2, -0.15) is 0 Å². The van der Waals surface area contributed by atoms with Crippen LogP contribution in [0, 0.1) is 5.82 Å². The molecule has 2 aromatic carbocycles. The molecule has 29 heavy (non-hydrogen) atoms. The summed E-state index contributed by atoms with van der Waals surface area (Å²) < 4.78 is 48.5. The smallest absolute Gasteiger partial charge is 0.410 e. The van der Waals surface area contributed by atoms with Gasteiger partial charge in [-0.3, -0.25) is 0 Å². The van der Waals surface area contributed by atoms with E-state index in [0.717, 1.165) is 12.3 Å². The Morgan fingerprint density at radius 2 is 1.72 bits per heavy atom. The Kier molecular flexibility index (Phi) is 5.58. The Morgan fingerprint density at radius 3 is 2.24 bits per heavy atom. The minimum atomic E-state index is -3.46. The molecular weight excluding hydrogens is 397 g/mol. The highest BCUT2D eigenvalue weighted by atomic mass is 32.2. The van der Waals surface area contributed by atoms with Gasteiger partial charge in [-0.05, 0) is 50.6 Å². The maximum Gasteiger partial charge on any atom is 0.410 e. The number of hydrogen-bond donors (Lipinski definition) is 0. The first-order valence-electron chi connectivity index (χ1n) is 9.17. The Bertz CT molecular complexity index is 1010. The van der Waals surface area contributed by atoms with E-state index in [0.29, 0.717) is 30.0 Å². The van der Waals surface area contributed by atoms with Gasteiger partial charge in [0.2, 0.25) is 0 Å². The molecule has 0 bridgehead atoms. The minimum Gasteiger partial charge on any atom is -0.487 e. The lowest BCUT2D eigenvalue weighted by Gasteiger charge is -2.39. The molecule has 1 aliphatic rings. The lowest BCUT2D eigenvalue weighted by atomic mass is 10.1. The summed E-state index contributed by atoms with van der Waals surface area (Å²) >= 11 is 0. The van der Waals surface area contributed by atoms with Crippen molar-refractivity contribution in [3.63, 3.8) is 0 Å². The first-order valence-corrected chi connectivity index (χ1v) is 11.1. The molecule has 6 nitrogen and oxygen atoms in total. The molecule has 3 rings (SSSR count). The van der Waals surface area contributed by atoms with Crippen LogP contribution in [0.5, 0.6) is 5.75 Å². The second-order valence-electron chi connectivity index (χ2n) is 8.06. The van der Waals surface area contributed by atoms with Crippen molar-refractivity contribution in [3.8, 4) is 16.9 Å². The fraction of sp³-hybridized carbons (Fsp3) is 0.381. The van der Waals surface area contributed by atoms with E-state index in [1.807, 2.05) is 20.8 Å². The topological polar surface area (TPSA) is 72.9 Å². The van der Waals surface area contributed by atoms with Crippen LogP contribution < -0.4 is 4.74 Å². The van der Waals surface area contributed by atoms with E-state index < -0.39 is 21.3 Å². The monoisotopic (exact) mass is 421 g/mol. The van der Waals surface area contributed by atoms with Crippen LogP contribution >= 0.6 is 0 Å². The summed E-state index contributed by atoms with van der Waals surface area (Å²) in [5, 5.41) is 0. The van der Waals surface area contributed by atoms with Gasteiger partial charge in [0.15, 0.2) is 9.84 Å². The van der Waals surface area contributed by atoms with Gasteiger partial charge in [-0.1, -0.05) is 18.2 Å². The molecule has 8 heteroatoms. The number of nitrogens with zero attached hydrogens (tertiary/aromatic N) is 1. The average Bonchev–Trinajstić information content (AvgIpc) is 2.56. The van der Waals surface area contributed by atoms with Crippen molar-refractivity contribution in [2.45, 2.75) is 37.4 Å². The first kappa shape index (κ1) is 21.1. The molecule has 0 saturated carbocycles. The summed E-state index contributed by atoms with van der Waals surface area (Å²) in [5.74, 6) is 0.00402. The molecule has 0 aliphatic carbocycles. The Hall–Kier alpha value is -2.61. The van der Waals surface area contributed by atoms with Crippen molar-refractivity contribution in [1.29, 1.82) is 0 Å². The number of benzene rings is 2. The van der Waals surface area contributed by atoms with Gasteiger partial charge in [0, 0.05) is 11.8 Å². The predicted molar refractivity (Wildman–Crippen MR) is 107 cm³/mol. The number of carbonyl (C=O) groups excluding carboxylic acids is 1. The SMILES string of the molecule is CC(C)(C)OC(=O)N1CC(Oc2ccc(-c3ccc(S(C)(=O)=O)cc3F)cc2)C1. The van der Waals surface area contributed by atoms with Crippen molar-refractivity contribution in [2.75, 3.05) is 19.3 Å². The van der Waals surface area contributed by atoms with Gasteiger partial charge >= 0.3 is 6.09 Å². The number of hydrogen-bond acceptors (Lipinski definition) is 5. The molecule has 1 saturated heterocycles. The molecule has 0 radical (unpaired) electrons. The third-order valence-corrected chi connectivity index (χ3v) is 5.45. The molecule has 1 heterocycles. The second kappa shape index (κ2) is 7.67. The van der Waals surface area contributed by atoms with Crippen LogP contribution in [0.15, 0.2) is 47.4 Å².